The van der Waals surface area contributed by atoms with Gasteiger partial charge in [0.1, 0.15) is 0 Å². The fraction of sp³-hybridized carbons (Fsp3) is 0.889. The van der Waals surface area contributed by atoms with Crippen molar-refractivity contribution in [3.63, 3.8) is 0 Å². The molecule has 0 amide bonds. The maximum atomic E-state index is 5.78. The summed E-state index contributed by atoms with van der Waals surface area (Å²) < 4.78 is 0. The standard InChI is InChI=1S/C9H18N2/c1-3-8(4-2)11-9(10)7-5-6-7/h7-8H,3-6H2,1-2H3,(H2,10,11). The van der Waals surface area contributed by atoms with E-state index in [9.17, 15) is 0 Å². The zero-order valence-electron chi connectivity index (χ0n) is 7.51. The van der Waals surface area contributed by atoms with Crippen LogP contribution in [0.3, 0.4) is 0 Å². The topological polar surface area (TPSA) is 38.4 Å². The Hall–Kier alpha value is -0.530. The Morgan fingerprint density at radius 2 is 2.00 bits per heavy atom. The Bertz CT molecular complexity index is 144. The van der Waals surface area contributed by atoms with Gasteiger partial charge in [0.05, 0.1) is 11.9 Å². The van der Waals surface area contributed by atoms with E-state index in [1.54, 1.807) is 0 Å². The largest absolute Gasteiger partial charge is 0.387 e. The highest BCUT2D eigenvalue weighted by Crippen LogP contribution is 2.29. The van der Waals surface area contributed by atoms with E-state index in [1.165, 1.54) is 12.8 Å². The van der Waals surface area contributed by atoms with Crippen LogP contribution in [-0.4, -0.2) is 11.9 Å². The molecule has 0 spiro atoms. The van der Waals surface area contributed by atoms with E-state index in [1.807, 2.05) is 0 Å². The molecule has 0 aliphatic heterocycles. The first-order valence-corrected chi connectivity index (χ1v) is 4.61. The first-order chi connectivity index (χ1) is 5.27. The minimum atomic E-state index is 0.468. The molecule has 0 unspecified atom stereocenters. The lowest BCUT2D eigenvalue weighted by atomic mass is 10.2. The first-order valence-electron chi connectivity index (χ1n) is 4.61. The van der Waals surface area contributed by atoms with Crippen molar-refractivity contribution in [2.45, 2.75) is 45.6 Å². The summed E-state index contributed by atoms with van der Waals surface area (Å²) in [5, 5.41) is 0. The molecular weight excluding hydrogens is 136 g/mol. The van der Waals surface area contributed by atoms with Crippen LogP contribution in [0.4, 0.5) is 0 Å². The van der Waals surface area contributed by atoms with Crippen molar-refractivity contribution in [3.05, 3.63) is 0 Å². The van der Waals surface area contributed by atoms with Crippen molar-refractivity contribution in [2.24, 2.45) is 16.6 Å². The third-order valence-corrected chi connectivity index (χ3v) is 2.27. The molecule has 64 valence electrons. The van der Waals surface area contributed by atoms with Gasteiger partial charge in [0.2, 0.25) is 0 Å². The van der Waals surface area contributed by atoms with Crippen molar-refractivity contribution in [1.82, 2.24) is 0 Å². The van der Waals surface area contributed by atoms with E-state index in [2.05, 4.69) is 18.8 Å². The summed E-state index contributed by atoms with van der Waals surface area (Å²) in [7, 11) is 0. The smallest absolute Gasteiger partial charge is 0.0971 e. The van der Waals surface area contributed by atoms with Crippen LogP contribution >= 0.6 is 0 Å². The molecule has 1 aliphatic rings. The van der Waals surface area contributed by atoms with Crippen LogP contribution in [0.2, 0.25) is 0 Å². The summed E-state index contributed by atoms with van der Waals surface area (Å²) in [4.78, 5) is 4.47. The van der Waals surface area contributed by atoms with Crippen LogP contribution in [0.25, 0.3) is 0 Å². The zero-order chi connectivity index (χ0) is 8.27. The van der Waals surface area contributed by atoms with Gasteiger partial charge in [0.15, 0.2) is 0 Å². The Balaban J connectivity index is 2.39. The number of nitrogens with zero attached hydrogens (tertiary/aromatic N) is 1. The molecule has 2 nitrogen and oxygen atoms in total. The Labute approximate surface area is 68.9 Å². The average Bonchev–Trinajstić information content (AvgIpc) is 2.81. The Kier molecular flexibility index (Phi) is 2.92. The van der Waals surface area contributed by atoms with Crippen molar-refractivity contribution < 1.29 is 0 Å². The zero-order valence-corrected chi connectivity index (χ0v) is 7.51. The third kappa shape index (κ3) is 2.52. The maximum Gasteiger partial charge on any atom is 0.0971 e. The minimum absolute atomic E-state index is 0.468. The van der Waals surface area contributed by atoms with Crippen molar-refractivity contribution in [3.8, 4) is 0 Å². The molecule has 0 aromatic rings. The van der Waals surface area contributed by atoms with Gasteiger partial charge >= 0.3 is 0 Å². The second kappa shape index (κ2) is 3.74. The molecule has 1 fully saturated rings. The lowest BCUT2D eigenvalue weighted by Gasteiger charge is -2.07. The molecule has 0 saturated heterocycles. The van der Waals surface area contributed by atoms with Gasteiger partial charge in [0.25, 0.3) is 0 Å². The number of hydrogen-bond acceptors (Lipinski definition) is 1. The lowest BCUT2D eigenvalue weighted by molar-refractivity contribution is 0.628. The van der Waals surface area contributed by atoms with Gasteiger partial charge in [-0.25, -0.2) is 0 Å². The number of nitrogens with two attached hydrogens (primary N) is 1. The molecule has 0 heterocycles. The Morgan fingerprint density at radius 1 is 1.45 bits per heavy atom. The van der Waals surface area contributed by atoms with E-state index >= 15 is 0 Å². The predicted octanol–water partition coefficient (Wildman–Crippen LogP) is 1.94. The lowest BCUT2D eigenvalue weighted by Crippen LogP contribution is -2.17. The highest BCUT2D eigenvalue weighted by molar-refractivity contribution is 5.85. The summed E-state index contributed by atoms with van der Waals surface area (Å²) in [6.07, 6.45) is 4.75. The average molecular weight is 154 g/mol. The fourth-order valence-corrected chi connectivity index (χ4v) is 1.17. The number of rotatable bonds is 4. The van der Waals surface area contributed by atoms with Gasteiger partial charge in [-0.1, -0.05) is 13.8 Å². The maximum absolute atomic E-state index is 5.78. The quantitative estimate of drug-likeness (QED) is 0.487. The van der Waals surface area contributed by atoms with Crippen LogP contribution in [0.1, 0.15) is 39.5 Å². The molecule has 1 rings (SSSR count). The van der Waals surface area contributed by atoms with Crippen LogP contribution in [0, 0.1) is 5.92 Å². The molecule has 0 radical (unpaired) electrons. The van der Waals surface area contributed by atoms with Crippen LogP contribution in [-0.2, 0) is 0 Å². The molecule has 1 aliphatic carbocycles. The van der Waals surface area contributed by atoms with Gasteiger partial charge < -0.3 is 5.73 Å². The van der Waals surface area contributed by atoms with Gasteiger partial charge in [-0.2, -0.15) is 0 Å². The molecule has 1 saturated carbocycles. The van der Waals surface area contributed by atoms with Gasteiger partial charge in [-0.15, -0.1) is 0 Å². The monoisotopic (exact) mass is 154 g/mol. The second-order valence-corrected chi connectivity index (χ2v) is 3.30. The summed E-state index contributed by atoms with van der Waals surface area (Å²) >= 11 is 0. The molecule has 0 atom stereocenters. The van der Waals surface area contributed by atoms with E-state index in [4.69, 9.17) is 5.73 Å². The molecule has 2 N–H and O–H groups in total. The highest BCUT2D eigenvalue weighted by Gasteiger charge is 2.25. The molecule has 0 aromatic heterocycles. The fourth-order valence-electron chi connectivity index (χ4n) is 1.17. The summed E-state index contributed by atoms with van der Waals surface area (Å²) in [6, 6.07) is 0.468. The SMILES string of the molecule is CCC(CC)N=C(N)C1CC1. The van der Waals surface area contributed by atoms with Crippen molar-refractivity contribution in [1.29, 1.82) is 0 Å². The molecular formula is C9H18N2. The van der Waals surface area contributed by atoms with Crippen molar-refractivity contribution >= 4 is 5.84 Å². The Morgan fingerprint density at radius 3 is 2.36 bits per heavy atom. The third-order valence-electron chi connectivity index (χ3n) is 2.27. The normalized spacial score (nSPS) is 19.4. The second-order valence-electron chi connectivity index (χ2n) is 3.30. The van der Waals surface area contributed by atoms with E-state index in [0.717, 1.165) is 18.7 Å². The minimum Gasteiger partial charge on any atom is -0.387 e. The number of hydrogen-bond donors (Lipinski definition) is 1. The van der Waals surface area contributed by atoms with E-state index in [0.29, 0.717) is 12.0 Å². The van der Waals surface area contributed by atoms with E-state index in [-0.39, 0.29) is 0 Å². The van der Waals surface area contributed by atoms with E-state index < -0.39 is 0 Å². The van der Waals surface area contributed by atoms with Gasteiger partial charge in [-0.05, 0) is 25.7 Å². The molecule has 0 aromatic carbocycles. The van der Waals surface area contributed by atoms with Crippen LogP contribution in [0.5, 0.6) is 0 Å². The molecule has 11 heavy (non-hydrogen) atoms. The summed E-state index contributed by atoms with van der Waals surface area (Å²) in [5.74, 6) is 1.54. The number of aliphatic imine (C=N–C) groups is 1. The van der Waals surface area contributed by atoms with Crippen LogP contribution in [0.15, 0.2) is 4.99 Å². The predicted molar refractivity (Wildman–Crippen MR) is 48.7 cm³/mol. The first kappa shape index (κ1) is 8.57. The van der Waals surface area contributed by atoms with Crippen molar-refractivity contribution in [2.75, 3.05) is 0 Å². The molecule has 2 heteroatoms. The summed E-state index contributed by atoms with van der Waals surface area (Å²) in [6.45, 7) is 4.33. The summed E-state index contributed by atoms with van der Waals surface area (Å²) in [5.41, 5.74) is 5.78. The molecule has 0 bridgehead atoms. The van der Waals surface area contributed by atoms with Gasteiger partial charge in [0, 0.05) is 5.92 Å². The van der Waals surface area contributed by atoms with Gasteiger partial charge in [-0.3, -0.25) is 4.99 Å². The number of amidine groups is 1. The van der Waals surface area contributed by atoms with Crippen LogP contribution < -0.4 is 5.73 Å². The highest BCUT2D eigenvalue weighted by atomic mass is 14.9.